The highest BCUT2D eigenvalue weighted by molar-refractivity contribution is 7.51. The summed E-state index contributed by atoms with van der Waals surface area (Å²) in [5.41, 5.74) is -0.570. The van der Waals surface area contributed by atoms with Crippen LogP contribution >= 0.6 is 7.60 Å². The molecule has 1 fully saturated rings. The number of hydrogen-bond donors (Lipinski definition) is 2. The summed E-state index contributed by atoms with van der Waals surface area (Å²) in [6.07, 6.45) is 3.07. The smallest absolute Gasteiger partial charge is 0.325 e. The zero-order valence-electron chi connectivity index (χ0n) is 19.0. The number of piperidine rings is 1. The van der Waals surface area contributed by atoms with Crippen molar-refractivity contribution in [1.29, 1.82) is 0 Å². The summed E-state index contributed by atoms with van der Waals surface area (Å²) in [6.45, 7) is 2.89. The second-order valence-corrected chi connectivity index (χ2v) is 10.3. The van der Waals surface area contributed by atoms with Crippen LogP contribution in [-0.2, 0) is 11.0 Å². The maximum absolute atomic E-state index is 13.4. The van der Waals surface area contributed by atoms with Gasteiger partial charge in [-0.1, -0.05) is 0 Å². The zero-order valence-corrected chi connectivity index (χ0v) is 19.9. The summed E-state index contributed by atoms with van der Waals surface area (Å²) in [5, 5.41) is 4.85. The summed E-state index contributed by atoms with van der Waals surface area (Å²) in [6, 6.07) is 5.04. The first kappa shape index (κ1) is 24.1. The quantitative estimate of drug-likeness (QED) is 0.473. The molecule has 0 saturated carbocycles. The van der Waals surface area contributed by atoms with Crippen molar-refractivity contribution in [3.8, 4) is 5.88 Å². The van der Waals surface area contributed by atoms with Gasteiger partial charge in [-0.3, -0.25) is 14.2 Å². The van der Waals surface area contributed by atoms with Crippen molar-refractivity contribution < 1.29 is 28.3 Å². The van der Waals surface area contributed by atoms with Crippen LogP contribution in [0.15, 0.2) is 33.6 Å². The number of anilines is 1. The molecular weight excluding hydrogens is 463 g/mol. The Morgan fingerprint density at radius 1 is 1.29 bits per heavy atom. The van der Waals surface area contributed by atoms with E-state index in [0.29, 0.717) is 61.0 Å². The van der Waals surface area contributed by atoms with Gasteiger partial charge < -0.3 is 23.8 Å². The van der Waals surface area contributed by atoms with Gasteiger partial charge >= 0.3 is 7.60 Å². The molecule has 3 aromatic rings. The summed E-state index contributed by atoms with van der Waals surface area (Å²) in [7, 11) is -2.54. The summed E-state index contributed by atoms with van der Waals surface area (Å²) in [4.78, 5) is 50.9. The molecule has 34 heavy (non-hydrogen) atoms. The van der Waals surface area contributed by atoms with Gasteiger partial charge in [0.2, 0.25) is 5.88 Å². The molecule has 2 N–H and O–H groups in total. The number of aryl methyl sites for hydroxylation is 1. The second-order valence-electron chi connectivity index (χ2n) is 8.50. The SMILES string of the molecule is COc1cc2cnn(C(=O)Cc3ccc(C)o3)c(=O)c2c(N2CCC(CCP(=O)(O)O)CC2)n1. The number of carbonyl (C=O) groups is 1. The third-order valence-corrected chi connectivity index (χ3v) is 6.88. The van der Waals surface area contributed by atoms with Crippen molar-refractivity contribution in [2.75, 3.05) is 31.3 Å². The minimum absolute atomic E-state index is 0.101. The maximum Gasteiger partial charge on any atom is 0.325 e. The zero-order chi connectivity index (χ0) is 24.5. The Labute approximate surface area is 195 Å². The number of rotatable bonds is 7. The molecule has 0 bridgehead atoms. The first-order valence-corrected chi connectivity index (χ1v) is 12.8. The fourth-order valence-electron chi connectivity index (χ4n) is 4.23. The van der Waals surface area contributed by atoms with Crippen LogP contribution in [-0.4, -0.2) is 56.8 Å². The molecule has 0 spiro atoms. The lowest BCUT2D eigenvalue weighted by atomic mass is 9.94. The number of fused-ring (bicyclic) bond motifs is 1. The van der Waals surface area contributed by atoms with Crippen LogP contribution in [0.1, 0.15) is 35.6 Å². The Balaban J connectivity index is 1.63. The number of ether oxygens (including phenoxy) is 1. The largest absolute Gasteiger partial charge is 0.481 e. The maximum atomic E-state index is 13.4. The van der Waals surface area contributed by atoms with Crippen LogP contribution in [0.3, 0.4) is 0 Å². The van der Waals surface area contributed by atoms with Gasteiger partial charge in [0.1, 0.15) is 17.3 Å². The summed E-state index contributed by atoms with van der Waals surface area (Å²) in [5.74, 6) is 1.51. The predicted molar refractivity (Wildman–Crippen MR) is 125 cm³/mol. The second kappa shape index (κ2) is 9.69. The van der Waals surface area contributed by atoms with Crippen LogP contribution in [0.25, 0.3) is 10.8 Å². The predicted octanol–water partition coefficient (Wildman–Crippen LogP) is 2.37. The number of nitrogens with zero attached hydrogens (tertiary/aromatic N) is 4. The lowest BCUT2D eigenvalue weighted by Crippen LogP contribution is -2.36. The van der Waals surface area contributed by atoms with E-state index in [1.807, 2.05) is 4.90 Å². The first-order valence-electron chi connectivity index (χ1n) is 11.0. The number of hydrogen-bond acceptors (Lipinski definition) is 8. The molecule has 0 amide bonds. The van der Waals surface area contributed by atoms with E-state index in [-0.39, 0.29) is 23.9 Å². The molecule has 1 saturated heterocycles. The topological polar surface area (TPSA) is 148 Å². The van der Waals surface area contributed by atoms with Crippen LogP contribution < -0.4 is 15.2 Å². The molecule has 0 atom stereocenters. The average Bonchev–Trinajstić information content (AvgIpc) is 3.21. The Hall–Kier alpha value is -3.01. The van der Waals surface area contributed by atoms with Gasteiger partial charge in [0.25, 0.3) is 11.5 Å². The number of carbonyl (C=O) groups excluding carboxylic acids is 1. The fraction of sp³-hybridized carbons (Fsp3) is 0.455. The van der Waals surface area contributed by atoms with Crippen molar-refractivity contribution in [2.45, 2.75) is 32.6 Å². The highest BCUT2D eigenvalue weighted by Crippen LogP contribution is 2.38. The van der Waals surface area contributed by atoms with Gasteiger partial charge in [-0.25, -0.2) is 0 Å². The number of pyridine rings is 1. The van der Waals surface area contributed by atoms with Gasteiger partial charge in [0.15, 0.2) is 0 Å². The molecule has 1 aliphatic rings. The van der Waals surface area contributed by atoms with E-state index in [0.717, 1.165) is 4.68 Å². The van der Waals surface area contributed by atoms with E-state index in [1.54, 1.807) is 25.1 Å². The van der Waals surface area contributed by atoms with E-state index in [9.17, 15) is 14.2 Å². The Bertz CT molecular complexity index is 1300. The lowest BCUT2D eigenvalue weighted by Gasteiger charge is -2.33. The van der Waals surface area contributed by atoms with Gasteiger partial charge in [-0.05, 0) is 44.2 Å². The van der Waals surface area contributed by atoms with Gasteiger partial charge in [0.05, 0.1) is 31.3 Å². The van der Waals surface area contributed by atoms with E-state index in [2.05, 4.69) is 10.1 Å². The molecule has 4 heterocycles. The molecular formula is C22H27N4O7P. The molecule has 3 aromatic heterocycles. The molecule has 0 unspecified atom stereocenters. The van der Waals surface area contributed by atoms with Crippen molar-refractivity contribution in [2.24, 2.45) is 5.92 Å². The Kier molecular flexibility index (Phi) is 6.88. The molecule has 1 aliphatic heterocycles. The van der Waals surface area contributed by atoms with E-state index < -0.39 is 19.1 Å². The molecule has 4 rings (SSSR count). The Morgan fingerprint density at radius 2 is 2.03 bits per heavy atom. The van der Waals surface area contributed by atoms with Crippen molar-refractivity contribution >= 4 is 30.1 Å². The molecule has 182 valence electrons. The highest BCUT2D eigenvalue weighted by Gasteiger charge is 2.26. The van der Waals surface area contributed by atoms with E-state index in [1.165, 1.54) is 13.3 Å². The lowest BCUT2D eigenvalue weighted by molar-refractivity contribution is 0.0886. The standard InChI is InChI=1S/C22H27N4O7P/c1-14-3-4-17(33-14)12-19(27)26-22(28)20-16(13-23-26)11-18(32-2)24-21(20)25-8-5-15(6-9-25)7-10-34(29,30)31/h3-4,11,13,15H,5-10,12H2,1-2H3,(H2,29,30,31). The number of methoxy groups -OCH3 is 1. The minimum atomic E-state index is -4.03. The third kappa shape index (κ3) is 5.38. The minimum Gasteiger partial charge on any atom is -0.481 e. The number of aromatic nitrogens is 3. The third-order valence-electron chi connectivity index (χ3n) is 6.04. The van der Waals surface area contributed by atoms with E-state index >= 15 is 0 Å². The summed E-state index contributed by atoms with van der Waals surface area (Å²) < 4.78 is 22.8. The molecule has 0 aliphatic carbocycles. The molecule has 0 radical (unpaired) electrons. The van der Waals surface area contributed by atoms with Crippen molar-refractivity contribution in [3.63, 3.8) is 0 Å². The van der Waals surface area contributed by atoms with Crippen LogP contribution in [0.4, 0.5) is 5.82 Å². The van der Waals surface area contributed by atoms with Crippen molar-refractivity contribution in [1.82, 2.24) is 14.8 Å². The highest BCUT2D eigenvalue weighted by atomic mass is 31.2. The van der Waals surface area contributed by atoms with Crippen LogP contribution in [0.5, 0.6) is 5.88 Å². The molecule has 0 aromatic carbocycles. The summed E-state index contributed by atoms with van der Waals surface area (Å²) >= 11 is 0. The molecule has 12 heteroatoms. The van der Waals surface area contributed by atoms with Gasteiger partial charge in [-0.15, -0.1) is 0 Å². The van der Waals surface area contributed by atoms with Crippen LogP contribution in [0.2, 0.25) is 0 Å². The monoisotopic (exact) mass is 490 g/mol. The fourth-order valence-corrected chi connectivity index (χ4v) is 4.93. The molecule has 11 nitrogen and oxygen atoms in total. The van der Waals surface area contributed by atoms with Crippen LogP contribution in [0, 0.1) is 12.8 Å². The normalized spacial score (nSPS) is 15.1. The van der Waals surface area contributed by atoms with Gasteiger partial charge in [0, 0.05) is 24.5 Å². The van der Waals surface area contributed by atoms with E-state index in [4.69, 9.17) is 18.9 Å². The first-order chi connectivity index (χ1) is 16.1. The van der Waals surface area contributed by atoms with Gasteiger partial charge in [-0.2, -0.15) is 14.8 Å². The average molecular weight is 490 g/mol. The Morgan fingerprint density at radius 3 is 2.65 bits per heavy atom. The van der Waals surface area contributed by atoms with Crippen molar-refractivity contribution in [3.05, 3.63) is 46.3 Å². The number of furan rings is 1.